The average molecular weight is 339 g/mol. The van der Waals surface area contributed by atoms with E-state index in [0.29, 0.717) is 15.9 Å². The van der Waals surface area contributed by atoms with Crippen LogP contribution in [0.15, 0.2) is 29.4 Å². The molecule has 7 heteroatoms. The summed E-state index contributed by atoms with van der Waals surface area (Å²) < 4.78 is 1.88. The second-order valence-corrected chi connectivity index (χ2v) is 6.42. The first-order valence-corrected chi connectivity index (χ1v) is 8.45. The molecule has 0 aliphatic carbocycles. The molecule has 22 heavy (non-hydrogen) atoms. The quantitative estimate of drug-likeness (QED) is 0.822. The number of benzene rings is 1. The molecule has 1 aromatic heterocycles. The molecule has 1 amide bonds. The Hall–Kier alpha value is -1.53. The van der Waals surface area contributed by atoms with Gasteiger partial charge < -0.3 is 9.88 Å². The van der Waals surface area contributed by atoms with Gasteiger partial charge in [-0.15, -0.1) is 10.2 Å². The molecule has 0 radical (unpaired) electrons. The summed E-state index contributed by atoms with van der Waals surface area (Å²) in [6.45, 7) is 4.03. The Bertz CT molecular complexity index is 641. The number of nitrogens with zero attached hydrogens (tertiary/aromatic N) is 3. The third-order valence-electron chi connectivity index (χ3n) is 3.29. The van der Waals surface area contributed by atoms with E-state index in [1.54, 1.807) is 0 Å². The van der Waals surface area contributed by atoms with Crippen LogP contribution in [0.5, 0.6) is 0 Å². The van der Waals surface area contributed by atoms with Crippen molar-refractivity contribution in [2.45, 2.75) is 31.5 Å². The van der Waals surface area contributed by atoms with Crippen molar-refractivity contribution in [3.05, 3.63) is 29.3 Å². The molecule has 0 aliphatic heterocycles. The van der Waals surface area contributed by atoms with Crippen molar-refractivity contribution in [2.75, 3.05) is 5.75 Å². The molecule has 1 N–H and O–H groups in total. The van der Waals surface area contributed by atoms with E-state index in [-0.39, 0.29) is 11.9 Å². The van der Waals surface area contributed by atoms with Gasteiger partial charge in [0.15, 0.2) is 11.0 Å². The zero-order chi connectivity index (χ0) is 16.1. The van der Waals surface area contributed by atoms with Crippen molar-refractivity contribution in [3.8, 4) is 11.4 Å². The van der Waals surface area contributed by atoms with Gasteiger partial charge in [0.25, 0.3) is 0 Å². The lowest BCUT2D eigenvalue weighted by molar-refractivity contribution is -0.119. The lowest BCUT2D eigenvalue weighted by Gasteiger charge is -2.10. The Morgan fingerprint density at radius 2 is 2.05 bits per heavy atom. The molecule has 0 spiro atoms. The minimum absolute atomic E-state index is 0.00962. The number of rotatable bonds is 6. The van der Waals surface area contributed by atoms with Crippen molar-refractivity contribution in [1.29, 1.82) is 0 Å². The maximum absolute atomic E-state index is 11.8. The van der Waals surface area contributed by atoms with E-state index in [0.717, 1.165) is 17.8 Å². The van der Waals surface area contributed by atoms with Crippen molar-refractivity contribution in [1.82, 2.24) is 20.1 Å². The van der Waals surface area contributed by atoms with Gasteiger partial charge in [-0.05, 0) is 37.6 Å². The largest absolute Gasteiger partial charge is 0.353 e. The van der Waals surface area contributed by atoms with Gasteiger partial charge in [0.1, 0.15) is 0 Å². The topological polar surface area (TPSA) is 59.8 Å². The Morgan fingerprint density at radius 3 is 2.68 bits per heavy atom. The number of thioether (sulfide) groups is 1. The van der Waals surface area contributed by atoms with E-state index in [4.69, 9.17) is 11.6 Å². The summed E-state index contributed by atoms with van der Waals surface area (Å²) in [6.07, 6.45) is 0.918. The van der Waals surface area contributed by atoms with Crippen molar-refractivity contribution in [2.24, 2.45) is 7.05 Å². The molecule has 0 bridgehead atoms. The van der Waals surface area contributed by atoms with Gasteiger partial charge in [0.05, 0.1) is 5.75 Å². The van der Waals surface area contributed by atoms with E-state index in [1.165, 1.54) is 11.8 Å². The Labute approximate surface area is 139 Å². The lowest BCUT2D eigenvalue weighted by Crippen LogP contribution is -2.33. The number of aromatic nitrogens is 3. The summed E-state index contributed by atoms with van der Waals surface area (Å²) in [5.74, 6) is 1.09. The van der Waals surface area contributed by atoms with E-state index in [9.17, 15) is 4.79 Å². The normalized spacial score (nSPS) is 12.2. The molecule has 5 nitrogen and oxygen atoms in total. The predicted octanol–water partition coefficient (Wildman–Crippen LogP) is 3.14. The number of halogens is 1. The molecule has 2 aromatic rings. The van der Waals surface area contributed by atoms with Crippen LogP contribution in [0.4, 0.5) is 0 Å². The van der Waals surface area contributed by atoms with Crippen LogP contribution in [-0.4, -0.2) is 32.5 Å². The molecule has 1 heterocycles. The van der Waals surface area contributed by atoms with E-state index in [2.05, 4.69) is 15.5 Å². The molecular weight excluding hydrogens is 320 g/mol. The summed E-state index contributed by atoms with van der Waals surface area (Å²) in [5.41, 5.74) is 0.940. The number of hydrogen-bond acceptors (Lipinski definition) is 4. The number of amides is 1. The molecule has 0 saturated heterocycles. The first-order valence-electron chi connectivity index (χ1n) is 7.08. The third-order valence-corrected chi connectivity index (χ3v) is 4.56. The fourth-order valence-electron chi connectivity index (χ4n) is 1.84. The van der Waals surface area contributed by atoms with Gasteiger partial charge in [0.2, 0.25) is 5.91 Å². The summed E-state index contributed by atoms with van der Waals surface area (Å²) in [7, 11) is 1.89. The zero-order valence-corrected chi connectivity index (χ0v) is 14.4. The van der Waals surface area contributed by atoms with Gasteiger partial charge in [-0.2, -0.15) is 0 Å². The monoisotopic (exact) mass is 338 g/mol. The van der Waals surface area contributed by atoms with Crippen molar-refractivity contribution >= 4 is 29.3 Å². The van der Waals surface area contributed by atoms with Crippen LogP contribution in [0, 0.1) is 0 Å². The zero-order valence-electron chi connectivity index (χ0n) is 12.8. The number of nitrogens with one attached hydrogen (secondary N) is 1. The highest BCUT2D eigenvalue weighted by molar-refractivity contribution is 7.99. The van der Waals surface area contributed by atoms with Crippen LogP contribution < -0.4 is 5.32 Å². The van der Waals surface area contributed by atoms with Crippen LogP contribution in [0.1, 0.15) is 20.3 Å². The van der Waals surface area contributed by atoms with E-state index in [1.807, 2.05) is 49.7 Å². The predicted molar refractivity (Wildman–Crippen MR) is 90.1 cm³/mol. The fraction of sp³-hybridized carbons (Fsp3) is 0.400. The Kier molecular flexibility index (Phi) is 5.85. The molecule has 1 atom stereocenters. The van der Waals surface area contributed by atoms with Gasteiger partial charge in [-0.1, -0.05) is 30.3 Å². The van der Waals surface area contributed by atoms with Gasteiger partial charge >= 0.3 is 0 Å². The Balaban J connectivity index is 2.02. The number of carbonyl (C=O) groups excluding carboxylic acids is 1. The van der Waals surface area contributed by atoms with Gasteiger partial charge in [-0.25, -0.2) is 0 Å². The molecule has 0 saturated carbocycles. The van der Waals surface area contributed by atoms with Crippen LogP contribution in [0.2, 0.25) is 5.02 Å². The van der Waals surface area contributed by atoms with Gasteiger partial charge in [-0.3, -0.25) is 4.79 Å². The maximum atomic E-state index is 11.8. The minimum atomic E-state index is 0.00962. The molecule has 0 aliphatic rings. The van der Waals surface area contributed by atoms with Gasteiger partial charge in [0, 0.05) is 23.7 Å². The minimum Gasteiger partial charge on any atom is -0.353 e. The summed E-state index contributed by atoms with van der Waals surface area (Å²) in [5, 5.41) is 12.7. The smallest absolute Gasteiger partial charge is 0.230 e. The van der Waals surface area contributed by atoms with Crippen LogP contribution in [0.25, 0.3) is 11.4 Å². The van der Waals surface area contributed by atoms with Crippen molar-refractivity contribution in [3.63, 3.8) is 0 Å². The molecule has 118 valence electrons. The number of hydrogen-bond donors (Lipinski definition) is 1. The standard InChI is InChI=1S/C15H19ClN4OS/c1-4-10(2)17-13(21)9-22-15-19-18-14(20(15)3)11-5-7-12(16)8-6-11/h5-8,10H,4,9H2,1-3H3,(H,17,21)/t10-/m1/s1. The SMILES string of the molecule is CC[C@@H](C)NC(=O)CSc1nnc(-c2ccc(Cl)cc2)n1C. The molecule has 2 rings (SSSR count). The molecule has 0 unspecified atom stereocenters. The highest BCUT2D eigenvalue weighted by Gasteiger charge is 2.13. The van der Waals surface area contributed by atoms with Crippen LogP contribution >= 0.6 is 23.4 Å². The second kappa shape index (κ2) is 7.65. The first kappa shape index (κ1) is 16.8. The summed E-state index contributed by atoms with van der Waals surface area (Å²) in [4.78, 5) is 11.8. The lowest BCUT2D eigenvalue weighted by atomic mass is 10.2. The van der Waals surface area contributed by atoms with Crippen LogP contribution in [0.3, 0.4) is 0 Å². The average Bonchev–Trinajstić information content (AvgIpc) is 2.87. The van der Waals surface area contributed by atoms with Crippen molar-refractivity contribution < 1.29 is 4.79 Å². The molecule has 0 fully saturated rings. The second-order valence-electron chi connectivity index (χ2n) is 5.04. The maximum Gasteiger partial charge on any atom is 0.230 e. The van der Waals surface area contributed by atoms with Crippen LogP contribution in [-0.2, 0) is 11.8 Å². The molecule has 1 aromatic carbocycles. The highest BCUT2D eigenvalue weighted by atomic mass is 35.5. The highest BCUT2D eigenvalue weighted by Crippen LogP contribution is 2.23. The fourth-order valence-corrected chi connectivity index (χ4v) is 2.69. The summed E-state index contributed by atoms with van der Waals surface area (Å²) in [6, 6.07) is 7.63. The number of carbonyl (C=O) groups is 1. The molecular formula is C15H19ClN4OS. The summed E-state index contributed by atoms with van der Waals surface area (Å²) >= 11 is 7.27. The Morgan fingerprint density at radius 1 is 1.36 bits per heavy atom. The van der Waals surface area contributed by atoms with E-state index >= 15 is 0 Å². The van der Waals surface area contributed by atoms with E-state index < -0.39 is 0 Å². The third kappa shape index (κ3) is 4.24. The first-order chi connectivity index (χ1) is 10.5.